The summed E-state index contributed by atoms with van der Waals surface area (Å²) in [6, 6.07) is 8.63. The van der Waals surface area contributed by atoms with Crippen molar-refractivity contribution in [2.45, 2.75) is 6.54 Å². The predicted octanol–water partition coefficient (Wildman–Crippen LogP) is 3.63. The Labute approximate surface area is 112 Å². The molecule has 0 saturated carbocycles. The summed E-state index contributed by atoms with van der Waals surface area (Å²) in [5.74, 6) is 0.525. The maximum Gasteiger partial charge on any atom is 0.251 e. The number of hydrogen-bond acceptors (Lipinski definition) is 2. The Morgan fingerprint density at radius 2 is 2.24 bits per heavy atom. The predicted molar refractivity (Wildman–Crippen MR) is 69.0 cm³/mol. The quantitative estimate of drug-likeness (QED) is 0.940. The van der Waals surface area contributed by atoms with Crippen molar-refractivity contribution < 1.29 is 9.21 Å². The molecule has 2 rings (SSSR count). The number of rotatable bonds is 3. The Morgan fingerprint density at radius 1 is 1.41 bits per heavy atom. The van der Waals surface area contributed by atoms with Crippen LogP contribution in [0.25, 0.3) is 0 Å². The Kier molecular flexibility index (Phi) is 3.86. The molecule has 88 valence electrons. The van der Waals surface area contributed by atoms with Gasteiger partial charge in [-0.15, -0.1) is 0 Å². The summed E-state index contributed by atoms with van der Waals surface area (Å²) in [5, 5.41) is 3.25. The van der Waals surface area contributed by atoms with Crippen molar-refractivity contribution in [3.63, 3.8) is 0 Å². The Hall–Kier alpha value is -1.26. The largest absolute Gasteiger partial charge is 0.467 e. The maximum atomic E-state index is 11.8. The number of carbonyl (C=O) groups is 1. The molecule has 0 aliphatic carbocycles. The molecule has 3 nitrogen and oxygen atoms in total. The second kappa shape index (κ2) is 5.38. The van der Waals surface area contributed by atoms with Gasteiger partial charge in [0.15, 0.2) is 0 Å². The lowest BCUT2D eigenvalue weighted by molar-refractivity contribution is 0.0948. The number of amides is 1. The number of halogens is 2. The fourth-order valence-corrected chi connectivity index (χ4v) is 1.75. The third kappa shape index (κ3) is 3.11. The van der Waals surface area contributed by atoms with Gasteiger partial charge in [0.2, 0.25) is 0 Å². The summed E-state index contributed by atoms with van der Waals surface area (Å²) in [6.07, 6.45) is 1.57. The molecule has 1 heterocycles. The smallest absolute Gasteiger partial charge is 0.251 e. The van der Waals surface area contributed by atoms with Crippen LogP contribution in [-0.4, -0.2) is 5.91 Å². The molecular formula is C12H9BrClNO2. The Bertz CT molecular complexity index is 525. The minimum absolute atomic E-state index is 0.184. The van der Waals surface area contributed by atoms with Crippen LogP contribution in [0.15, 0.2) is 45.5 Å². The number of hydrogen-bond donors (Lipinski definition) is 1. The van der Waals surface area contributed by atoms with E-state index in [1.165, 1.54) is 0 Å². The summed E-state index contributed by atoms with van der Waals surface area (Å²) in [7, 11) is 0. The summed E-state index contributed by atoms with van der Waals surface area (Å²) in [4.78, 5) is 11.8. The highest BCUT2D eigenvalue weighted by molar-refractivity contribution is 9.10. The van der Waals surface area contributed by atoms with Crippen molar-refractivity contribution in [2.75, 3.05) is 0 Å². The highest BCUT2D eigenvalue weighted by Crippen LogP contribution is 2.23. The highest BCUT2D eigenvalue weighted by atomic mass is 79.9. The van der Waals surface area contributed by atoms with Crippen molar-refractivity contribution in [1.82, 2.24) is 5.32 Å². The maximum absolute atomic E-state index is 11.8. The first kappa shape index (κ1) is 12.2. The molecule has 1 aromatic carbocycles. The molecule has 0 radical (unpaired) electrons. The van der Waals surface area contributed by atoms with E-state index < -0.39 is 0 Å². The molecule has 0 fully saturated rings. The van der Waals surface area contributed by atoms with Crippen LogP contribution in [0.2, 0.25) is 5.02 Å². The molecule has 0 bridgehead atoms. The minimum Gasteiger partial charge on any atom is -0.467 e. The average molecular weight is 315 g/mol. The lowest BCUT2D eigenvalue weighted by Gasteiger charge is -2.04. The van der Waals surface area contributed by atoms with Gasteiger partial charge < -0.3 is 9.73 Å². The Balaban J connectivity index is 2.02. The van der Waals surface area contributed by atoms with Gasteiger partial charge in [-0.2, -0.15) is 0 Å². The van der Waals surface area contributed by atoms with Crippen LogP contribution >= 0.6 is 27.5 Å². The van der Waals surface area contributed by atoms with E-state index >= 15 is 0 Å². The van der Waals surface area contributed by atoms with E-state index in [-0.39, 0.29) is 5.91 Å². The molecule has 1 N–H and O–H groups in total. The molecule has 2 aromatic rings. The summed E-state index contributed by atoms with van der Waals surface area (Å²) >= 11 is 9.18. The monoisotopic (exact) mass is 313 g/mol. The fraction of sp³-hybridized carbons (Fsp3) is 0.0833. The minimum atomic E-state index is -0.184. The molecule has 1 aromatic heterocycles. The second-order valence-corrected chi connectivity index (χ2v) is 4.65. The third-order valence-electron chi connectivity index (χ3n) is 2.19. The zero-order valence-electron chi connectivity index (χ0n) is 8.74. The highest BCUT2D eigenvalue weighted by Gasteiger charge is 2.08. The topological polar surface area (TPSA) is 42.2 Å². The number of nitrogens with one attached hydrogen (secondary N) is 1. The van der Waals surface area contributed by atoms with E-state index in [1.54, 1.807) is 36.6 Å². The van der Waals surface area contributed by atoms with Crippen molar-refractivity contribution >= 4 is 33.4 Å². The van der Waals surface area contributed by atoms with Gasteiger partial charge in [0.25, 0.3) is 5.91 Å². The van der Waals surface area contributed by atoms with Gasteiger partial charge >= 0.3 is 0 Å². The van der Waals surface area contributed by atoms with Crippen LogP contribution in [0.1, 0.15) is 16.1 Å². The van der Waals surface area contributed by atoms with Crippen molar-refractivity contribution in [1.29, 1.82) is 0 Å². The standard InChI is InChI=1S/C12H9BrClNO2/c13-10-4-3-8(6-11(10)14)12(16)15-7-9-2-1-5-17-9/h1-6H,7H2,(H,15,16). The molecule has 5 heteroatoms. The third-order valence-corrected chi connectivity index (χ3v) is 3.42. The van der Waals surface area contributed by atoms with E-state index in [2.05, 4.69) is 21.2 Å². The van der Waals surface area contributed by atoms with E-state index in [9.17, 15) is 4.79 Å². The van der Waals surface area contributed by atoms with Gasteiger partial charge in [0.05, 0.1) is 17.8 Å². The fourth-order valence-electron chi connectivity index (χ4n) is 1.32. The first-order valence-electron chi connectivity index (χ1n) is 4.92. The van der Waals surface area contributed by atoms with Gasteiger partial charge in [-0.25, -0.2) is 0 Å². The number of furan rings is 1. The van der Waals surface area contributed by atoms with Crippen molar-refractivity contribution in [2.24, 2.45) is 0 Å². The summed E-state index contributed by atoms with van der Waals surface area (Å²) < 4.78 is 5.88. The molecule has 17 heavy (non-hydrogen) atoms. The van der Waals surface area contributed by atoms with Crippen LogP contribution in [0, 0.1) is 0 Å². The van der Waals surface area contributed by atoms with Crippen LogP contribution < -0.4 is 5.32 Å². The molecule has 1 amide bonds. The first-order chi connectivity index (χ1) is 8.16. The number of carbonyl (C=O) groups excluding carboxylic acids is 1. The van der Waals surface area contributed by atoms with Crippen LogP contribution in [-0.2, 0) is 6.54 Å². The van der Waals surface area contributed by atoms with Gasteiger partial charge in [0, 0.05) is 10.0 Å². The Morgan fingerprint density at radius 3 is 2.88 bits per heavy atom. The zero-order valence-corrected chi connectivity index (χ0v) is 11.1. The average Bonchev–Trinajstić information content (AvgIpc) is 2.82. The van der Waals surface area contributed by atoms with E-state index in [0.717, 1.165) is 4.47 Å². The van der Waals surface area contributed by atoms with E-state index in [1.807, 2.05) is 0 Å². The summed E-state index contributed by atoms with van der Waals surface area (Å²) in [6.45, 7) is 0.361. The molecule has 0 unspecified atom stereocenters. The van der Waals surface area contributed by atoms with E-state index in [4.69, 9.17) is 16.0 Å². The first-order valence-corrected chi connectivity index (χ1v) is 6.09. The van der Waals surface area contributed by atoms with Gasteiger partial charge in [0.1, 0.15) is 5.76 Å². The van der Waals surface area contributed by atoms with Crippen LogP contribution in [0.5, 0.6) is 0 Å². The molecule has 0 aliphatic rings. The zero-order chi connectivity index (χ0) is 12.3. The SMILES string of the molecule is O=C(NCc1ccco1)c1ccc(Br)c(Cl)c1. The molecule has 0 saturated heterocycles. The molecule has 0 spiro atoms. The lowest BCUT2D eigenvalue weighted by atomic mass is 10.2. The van der Waals surface area contributed by atoms with Gasteiger partial charge in [-0.05, 0) is 46.3 Å². The normalized spacial score (nSPS) is 10.2. The van der Waals surface area contributed by atoms with E-state index in [0.29, 0.717) is 22.9 Å². The summed E-state index contributed by atoms with van der Waals surface area (Å²) in [5.41, 5.74) is 0.518. The van der Waals surface area contributed by atoms with Crippen LogP contribution in [0.3, 0.4) is 0 Å². The van der Waals surface area contributed by atoms with Gasteiger partial charge in [-0.1, -0.05) is 11.6 Å². The number of benzene rings is 1. The lowest BCUT2D eigenvalue weighted by Crippen LogP contribution is -2.22. The molecule has 0 aliphatic heterocycles. The molecular weight excluding hydrogens is 305 g/mol. The van der Waals surface area contributed by atoms with Crippen molar-refractivity contribution in [3.05, 3.63) is 57.4 Å². The second-order valence-electron chi connectivity index (χ2n) is 3.39. The van der Waals surface area contributed by atoms with Crippen LogP contribution in [0.4, 0.5) is 0 Å². The molecule has 0 atom stereocenters. The van der Waals surface area contributed by atoms with Gasteiger partial charge in [-0.3, -0.25) is 4.79 Å². The van der Waals surface area contributed by atoms with Crippen molar-refractivity contribution in [3.8, 4) is 0 Å².